The molecule has 0 atom stereocenters. The van der Waals surface area contributed by atoms with Crippen molar-refractivity contribution >= 4 is 23.1 Å². The lowest BCUT2D eigenvalue weighted by Gasteiger charge is -2.04. The fourth-order valence-corrected chi connectivity index (χ4v) is 2.38. The molecule has 4 N–H and O–H groups in total. The van der Waals surface area contributed by atoms with Crippen molar-refractivity contribution < 1.29 is 9.90 Å². The van der Waals surface area contributed by atoms with Gasteiger partial charge in [0, 0.05) is 0 Å². The first-order valence-corrected chi connectivity index (χ1v) is 7.36. The number of carboxylic acid groups (broad SMARTS) is 1. The van der Waals surface area contributed by atoms with E-state index in [1.54, 1.807) is 30.5 Å². The van der Waals surface area contributed by atoms with Crippen molar-refractivity contribution in [1.82, 2.24) is 19.9 Å². The topological polar surface area (TPSA) is 135 Å². The fraction of sp³-hybridized carbons (Fsp3) is 0.188. The number of aromatic nitrogens is 4. The van der Waals surface area contributed by atoms with Gasteiger partial charge in [0.05, 0.1) is 17.5 Å². The van der Waals surface area contributed by atoms with Crippen molar-refractivity contribution in [2.75, 3.05) is 5.73 Å². The van der Waals surface area contributed by atoms with Crippen LogP contribution in [0.5, 0.6) is 0 Å². The molecule has 0 saturated carbocycles. The summed E-state index contributed by atoms with van der Waals surface area (Å²) < 4.78 is 0. The third-order valence-electron chi connectivity index (χ3n) is 3.59. The van der Waals surface area contributed by atoms with Gasteiger partial charge in [-0.05, 0) is 37.0 Å². The molecule has 0 spiro atoms. The molecular formula is C16H15N5O3. The Labute approximate surface area is 136 Å². The van der Waals surface area contributed by atoms with E-state index in [4.69, 9.17) is 10.8 Å². The second kappa shape index (κ2) is 6.45. The minimum atomic E-state index is -0.938. The maximum atomic E-state index is 11.8. The van der Waals surface area contributed by atoms with Crippen LogP contribution >= 0.6 is 0 Å². The van der Waals surface area contributed by atoms with Crippen LogP contribution in [0.1, 0.15) is 28.0 Å². The Hall–Kier alpha value is -3.29. The Morgan fingerprint density at radius 3 is 2.62 bits per heavy atom. The Bertz CT molecular complexity index is 950. The second-order valence-corrected chi connectivity index (χ2v) is 5.34. The number of benzene rings is 1. The van der Waals surface area contributed by atoms with Gasteiger partial charge in [-0.1, -0.05) is 12.1 Å². The molecule has 0 aliphatic rings. The van der Waals surface area contributed by atoms with E-state index in [-0.39, 0.29) is 22.7 Å². The molecule has 0 fully saturated rings. The number of aromatic carboxylic acids is 1. The molecule has 122 valence electrons. The summed E-state index contributed by atoms with van der Waals surface area (Å²) in [7, 11) is 0. The van der Waals surface area contributed by atoms with Gasteiger partial charge in [0.25, 0.3) is 5.56 Å². The van der Waals surface area contributed by atoms with Gasteiger partial charge in [-0.3, -0.25) is 9.78 Å². The molecule has 0 radical (unpaired) electrons. The molecule has 2 heterocycles. The fourth-order valence-electron chi connectivity index (χ4n) is 2.38. The van der Waals surface area contributed by atoms with Gasteiger partial charge in [0.15, 0.2) is 11.2 Å². The number of aromatic amines is 1. The highest BCUT2D eigenvalue weighted by molar-refractivity contribution is 5.87. The van der Waals surface area contributed by atoms with Gasteiger partial charge in [0.2, 0.25) is 5.95 Å². The minimum Gasteiger partial charge on any atom is -0.478 e. The zero-order valence-electron chi connectivity index (χ0n) is 12.7. The molecule has 0 saturated heterocycles. The summed E-state index contributed by atoms with van der Waals surface area (Å²) in [5, 5.41) is 8.87. The molecular weight excluding hydrogens is 310 g/mol. The Morgan fingerprint density at radius 1 is 1.17 bits per heavy atom. The van der Waals surface area contributed by atoms with Crippen molar-refractivity contribution in [3.05, 3.63) is 57.6 Å². The summed E-state index contributed by atoms with van der Waals surface area (Å²) >= 11 is 0. The van der Waals surface area contributed by atoms with Crippen LogP contribution < -0.4 is 11.3 Å². The number of nitrogen functional groups attached to an aromatic ring is 1. The van der Waals surface area contributed by atoms with Crippen LogP contribution in [0.25, 0.3) is 11.2 Å². The largest absolute Gasteiger partial charge is 0.478 e. The van der Waals surface area contributed by atoms with E-state index >= 15 is 0 Å². The van der Waals surface area contributed by atoms with E-state index in [1.807, 2.05) is 0 Å². The highest BCUT2D eigenvalue weighted by atomic mass is 16.4. The summed E-state index contributed by atoms with van der Waals surface area (Å²) in [6, 6.07) is 6.77. The molecule has 0 bridgehead atoms. The average Bonchev–Trinajstić information content (AvgIpc) is 2.55. The Balaban J connectivity index is 1.67. The maximum Gasteiger partial charge on any atom is 0.335 e. The van der Waals surface area contributed by atoms with Crippen molar-refractivity contribution in [1.29, 1.82) is 0 Å². The van der Waals surface area contributed by atoms with E-state index in [1.165, 1.54) is 0 Å². The van der Waals surface area contributed by atoms with Gasteiger partial charge < -0.3 is 10.8 Å². The monoisotopic (exact) mass is 325 g/mol. The third-order valence-corrected chi connectivity index (χ3v) is 3.59. The number of carboxylic acids is 1. The molecule has 24 heavy (non-hydrogen) atoms. The van der Waals surface area contributed by atoms with Gasteiger partial charge in [0.1, 0.15) is 0 Å². The zero-order chi connectivity index (χ0) is 17.1. The smallest absolute Gasteiger partial charge is 0.335 e. The van der Waals surface area contributed by atoms with E-state index < -0.39 is 11.5 Å². The number of rotatable bonds is 5. The first-order valence-electron chi connectivity index (χ1n) is 7.36. The predicted octanol–water partition coefficient (Wildman–Crippen LogP) is 1.17. The van der Waals surface area contributed by atoms with E-state index in [2.05, 4.69) is 19.9 Å². The number of hydrogen-bond acceptors (Lipinski definition) is 6. The lowest BCUT2D eigenvalue weighted by atomic mass is 10.1. The summed E-state index contributed by atoms with van der Waals surface area (Å²) in [6.45, 7) is 0. The third kappa shape index (κ3) is 3.37. The number of anilines is 1. The van der Waals surface area contributed by atoms with Crippen LogP contribution in [-0.2, 0) is 12.8 Å². The number of H-pyrrole nitrogens is 1. The van der Waals surface area contributed by atoms with Crippen LogP contribution in [0.2, 0.25) is 0 Å². The Kier molecular flexibility index (Phi) is 4.19. The van der Waals surface area contributed by atoms with Gasteiger partial charge in [-0.2, -0.15) is 4.98 Å². The summed E-state index contributed by atoms with van der Waals surface area (Å²) in [5.74, 6) is -0.924. The van der Waals surface area contributed by atoms with Crippen molar-refractivity contribution in [3.8, 4) is 0 Å². The number of hydrogen-bond donors (Lipinski definition) is 3. The van der Waals surface area contributed by atoms with Crippen molar-refractivity contribution in [2.45, 2.75) is 19.3 Å². The molecule has 3 aromatic rings. The van der Waals surface area contributed by atoms with Crippen molar-refractivity contribution in [2.24, 2.45) is 0 Å². The lowest BCUT2D eigenvalue weighted by Crippen LogP contribution is -2.14. The SMILES string of the molecule is Nc1nc2ncc(CCCc3ccc(C(=O)O)cc3)nc2c(=O)[nH]1. The number of aryl methyl sites for hydroxylation is 2. The normalized spacial score (nSPS) is 10.8. The number of nitrogens with two attached hydrogens (primary N) is 1. The first-order chi connectivity index (χ1) is 11.5. The molecule has 2 aromatic heterocycles. The number of nitrogens with one attached hydrogen (secondary N) is 1. The van der Waals surface area contributed by atoms with Crippen LogP contribution in [0, 0.1) is 0 Å². The maximum absolute atomic E-state index is 11.8. The molecule has 0 aliphatic carbocycles. The zero-order valence-corrected chi connectivity index (χ0v) is 12.7. The standard InChI is InChI=1S/C16H15N5O3/c17-16-20-13-12(14(22)21-16)19-11(8-18-13)3-1-2-9-4-6-10(7-5-9)15(23)24/h4-8H,1-3H2,(H,23,24)(H3,17,18,20,21,22). The Morgan fingerprint density at radius 2 is 1.92 bits per heavy atom. The van der Waals surface area contributed by atoms with E-state index in [0.29, 0.717) is 12.1 Å². The van der Waals surface area contributed by atoms with Crippen LogP contribution in [-0.4, -0.2) is 31.0 Å². The lowest BCUT2D eigenvalue weighted by molar-refractivity contribution is 0.0697. The number of nitrogens with zero attached hydrogens (tertiary/aromatic N) is 3. The van der Waals surface area contributed by atoms with Crippen LogP contribution in [0.15, 0.2) is 35.3 Å². The van der Waals surface area contributed by atoms with Crippen molar-refractivity contribution in [3.63, 3.8) is 0 Å². The first kappa shape index (κ1) is 15.6. The van der Waals surface area contributed by atoms with Gasteiger partial charge in [-0.25, -0.2) is 14.8 Å². The van der Waals surface area contributed by atoms with E-state index in [0.717, 1.165) is 18.4 Å². The van der Waals surface area contributed by atoms with Gasteiger partial charge in [-0.15, -0.1) is 0 Å². The van der Waals surface area contributed by atoms with Gasteiger partial charge >= 0.3 is 5.97 Å². The minimum absolute atomic E-state index is 0.0133. The molecule has 8 nitrogen and oxygen atoms in total. The highest BCUT2D eigenvalue weighted by Gasteiger charge is 2.07. The average molecular weight is 325 g/mol. The molecule has 8 heteroatoms. The van der Waals surface area contributed by atoms with Crippen LogP contribution in [0.4, 0.5) is 5.95 Å². The molecule has 0 amide bonds. The second-order valence-electron chi connectivity index (χ2n) is 5.34. The summed E-state index contributed by atoms with van der Waals surface area (Å²) in [5.41, 5.74) is 7.47. The summed E-state index contributed by atoms with van der Waals surface area (Å²) in [6.07, 6.45) is 3.80. The predicted molar refractivity (Wildman–Crippen MR) is 87.8 cm³/mol. The number of fused-ring (bicyclic) bond motifs is 1. The highest BCUT2D eigenvalue weighted by Crippen LogP contribution is 2.10. The van der Waals surface area contributed by atoms with Crippen LogP contribution in [0.3, 0.4) is 0 Å². The molecule has 1 aromatic carbocycles. The molecule has 3 rings (SSSR count). The number of carbonyl (C=O) groups is 1. The summed E-state index contributed by atoms with van der Waals surface area (Å²) in [4.78, 5) is 37.3. The van der Waals surface area contributed by atoms with E-state index in [9.17, 15) is 9.59 Å². The quantitative estimate of drug-likeness (QED) is 0.640. The molecule has 0 aliphatic heterocycles. The molecule has 0 unspecified atom stereocenters.